The van der Waals surface area contributed by atoms with Crippen molar-refractivity contribution in [3.05, 3.63) is 25.7 Å². The normalized spacial score (nSPS) is 9.64. The maximum atomic E-state index is 10.4. The number of anilines is 1. The predicted molar refractivity (Wildman–Crippen MR) is 56.7 cm³/mol. The monoisotopic (exact) mass is 325 g/mol. The first-order valence-electron chi connectivity index (χ1n) is 2.85. The molecule has 0 aliphatic carbocycles. The molecule has 1 aromatic rings. The minimum absolute atomic E-state index is 0.521. The summed E-state index contributed by atoms with van der Waals surface area (Å²) in [5.41, 5.74) is 6.59. The maximum absolute atomic E-state index is 10.4. The van der Waals surface area contributed by atoms with Gasteiger partial charge in [0, 0.05) is 19.3 Å². The number of nitrogen functional groups attached to an aromatic ring is 1. The van der Waals surface area contributed by atoms with Crippen LogP contribution in [0.1, 0.15) is 10.4 Å². The Morgan fingerprint density at radius 1 is 1.55 bits per heavy atom. The Morgan fingerprint density at radius 3 is 2.73 bits per heavy atom. The lowest BCUT2D eigenvalue weighted by Crippen LogP contribution is -1.93. The van der Waals surface area contributed by atoms with Gasteiger partial charge in [-0.1, -0.05) is 0 Å². The zero-order chi connectivity index (χ0) is 8.43. The molecule has 4 heteroatoms. The van der Waals surface area contributed by atoms with Gasteiger partial charge in [-0.2, -0.15) is 0 Å². The van der Waals surface area contributed by atoms with Crippen LogP contribution in [0.4, 0.5) is 5.69 Å². The van der Waals surface area contributed by atoms with Crippen molar-refractivity contribution in [2.45, 2.75) is 0 Å². The van der Waals surface area contributed by atoms with Gasteiger partial charge in [-0.25, -0.2) is 0 Å². The van der Waals surface area contributed by atoms with E-state index in [1.165, 1.54) is 0 Å². The Labute approximate surface area is 86.4 Å². The second-order valence-corrected chi connectivity index (χ2v) is 4.03. The van der Waals surface area contributed by atoms with Crippen molar-refractivity contribution in [3.8, 4) is 0 Å². The number of rotatable bonds is 1. The number of hydrogen-bond donors (Lipinski definition) is 1. The summed E-state index contributed by atoms with van der Waals surface area (Å²) in [7, 11) is 0. The van der Waals surface area contributed by atoms with Crippen LogP contribution in [0, 0.1) is 3.57 Å². The van der Waals surface area contributed by atoms with Gasteiger partial charge >= 0.3 is 0 Å². The van der Waals surface area contributed by atoms with Gasteiger partial charge in [0.1, 0.15) is 0 Å². The molecule has 1 rings (SSSR count). The largest absolute Gasteiger partial charge is 0.398 e. The van der Waals surface area contributed by atoms with Crippen LogP contribution < -0.4 is 5.73 Å². The first-order chi connectivity index (χ1) is 5.15. The zero-order valence-corrected chi connectivity index (χ0v) is 9.22. The smallest absolute Gasteiger partial charge is 0.152 e. The fraction of sp³-hybridized carbons (Fsp3) is 0. The fourth-order valence-electron chi connectivity index (χ4n) is 0.680. The first kappa shape index (κ1) is 8.99. The molecule has 0 aliphatic heterocycles. The molecule has 2 N–H and O–H groups in total. The van der Waals surface area contributed by atoms with Crippen molar-refractivity contribution in [1.82, 2.24) is 0 Å². The van der Waals surface area contributed by atoms with Crippen molar-refractivity contribution in [3.63, 3.8) is 0 Å². The summed E-state index contributed by atoms with van der Waals surface area (Å²) in [5, 5.41) is 0. The Balaban J connectivity index is 3.31. The van der Waals surface area contributed by atoms with Crippen LogP contribution in [-0.2, 0) is 0 Å². The van der Waals surface area contributed by atoms with Gasteiger partial charge < -0.3 is 5.73 Å². The summed E-state index contributed by atoms with van der Waals surface area (Å²) < 4.78 is 1.90. The summed E-state index contributed by atoms with van der Waals surface area (Å²) in [6.07, 6.45) is 0.746. The van der Waals surface area contributed by atoms with Crippen LogP contribution in [0.5, 0.6) is 0 Å². The molecule has 0 saturated heterocycles. The molecule has 2 nitrogen and oxygen atoms in total. The van der Waals surface area contributed by atoms with E-state index in [9.17, 15) is 4.79 Å². The summed E-state index contributed by atoms with van der Waals surface area (Å²) >= 11 is 5.44. The highest BCUT2D eigenvalue weighted by molar-refractivity contribution is 14.1. The number of hydrogen-bond acceptors (Lipinski definition) is 2. The van der Waals surface area contributed by atoms with Crippen molar-refractivity contribution in [2.75, 3.05) is 5.73 Å². The molecule has 0 radical (unpaired) electrons. The van der Waals surface area contributed by atoms with Crippen molar-refractivity contribution in [2.24, 2.45) is 0 Å². The molecule has 0 spiro atoms. The molecule has 0 aromatic heterocycles. The first-order valence-corrected chi connectivity index (χ1v) is 4.72. The third-order valence-corrected chi connectivity index (χ3v) is 3.54. The number of halogens is 2. The summed E-state index contributed by atoms with van der Waals surface area (Å²) in [6, 6.07) is 3.47. The van der Waals surface area contributed by atoms with Crippen molar-refractivity contribution in [1.29, 1.82) is 0 Å². The van der Waals surface area contributed by atoms with E-state index in [2.05, 4.69) is 38.5 Å². The van der Waals surface area contributed by atoms with E-state index in [4.69, 9.17) is 5.73 Å². The standard InChI is InChI=1S/C7H5BrINO/c8-5-1-4(3-11)7(10)2-6(5)9/h1-3H,10H2. The van der Waals surface area contributed by atoms with E-state index in [1.807, 2.05) is 0 Å². The van der Waals surface area contributed by atoms with Crippen LogP contribution in [-0.4, -0.2) is 6.29 Å². The lowest BCUT2D eigenvalue weighted by Gasteiger charge is -2.00. The van der Waals surface area contributed by atoms with E-state index in [0.717, 1.165) is 14.3 Å². The SMILES string of the molecule is Nc1cc(I)c(Br)cc1C=O. The van der Waals surface area contributed by atoms with Crippen LogP contribution in [0.15, 0.2) is 16.6 Å². The Hall–Kier alpha value is -0.100. The number of carbonyl (C=O) groups excluding carboxylic acids is 1. The lowest BCUT2D eigenvalue weighted by atomic mass is 10.2. The molecule has 0 unspecified atom stereocenters. The van der Waals surface area contributed by atoms with Gasteiger partial charge in [0.05, 0.1) is 0 Å². The second-order valence-electron chi connectivity index (χ2n) is 2.01. The predicted octanol–water partition coefficient (Wildman–Crippen LogP) is 2.45. The van der Waals surface area contributed by atoms with Crippen LogP contribution in [0.3, 0.4) is 0 Å². The molecule has 0 heterocycles. The third kappa shape index (κ3) is 1.93. The number of carbonyl (C=O) groups is 1. The van der Waals surface area contributed by atoms with Gasteiger partial charge in [0.2, 0.25) is 0 Å². The van der Waals surface area contributed by atoms with E-state index in [0.29, 0.717) is 11.3 Å². The van der Waals surface area contributed by atoms with Gasteiger partial charge in [0.25, 0.3) is 0 Å². The van der Waals surface area contributed by atoms with Crippen LogP contribution >= 0.6 is 38.5 Å². The van der Waals surface area contributed by atoms with Gasteiger partial charge in [0.15, 0.2) is 6.29 Å². The van der Waals surface area contributed by atoms with Crippen LogP contribution in [0.2, 0.25) is 0 Å². The fourth-order valence-corrected chi connectivity index (χ4v) is 1.53. The van der Waals surface area contributed by atoms with E-state index < -0.39 is 0 Å². The Morgan fingerprint density at radius 2 is 2.18 bits per heavy atom. The highest BCUT2D eigenvalue weighted by atomic mass is 127. The summed E-state index contributed by atoms with van der Waals surface area (Å²) in [6.45, 7) is 0. The van der Waals surface area contributed by atoms with E-state index in [1.54, 1.807) is 12.1 Å². The Bertz CT molecular complexity index is 301. The minimum atomic E-state index is 0.521. The molecular weight excluding hydrogens is 321 g/mol. The summed E-state index contributed by atoms with van der Waals surface area (Å²) in [4.78, 5) is 10.4. The summed E-state index contributed by atoms with van der Waals surface area (Å²) in [5.74, 6) is 0. The van der Waals surface area contributed by atoms with Crippen LogP contribution in [0.25, 0.3) is 0 Å². The van der Waals surface area contributed by atoms with Gasteiger partial charge in [-0.3, -0.25) is 4.79 Å². The molecule has 0 saturated carbocycles. The average Bonchev–Trinajstić information content (AvgIpc) is 1.97. The number of aldehydes is 1. The van der Waals surface area contributed by atoms with Gasteiger partial charge in [-0.15, -0.1) is 0 Å². The highest BCUT2D eigenvalue weighted by Crippen LogP contribution is 2.23. The van der Waals surface area contributed by atoms with Crippen molar-refractivity contribution >= 4 is 50.5 Å². The maximum Gasteiger partial charge on any atom is 0.152 e. The molecule has 58 valence electrons. The molecule has 0 aliphatic rings. The molecular formula is C7H5BrINO. The Kier molecular flexibility index (Phi) is 2.89. The van der Waals surface area contributed by atoms with E-state index >= 15 is 0 Å². The minimum Gasteiger partial charge on any atom is -0.398 e. The average molecular weight is 326 g/mol. The molecule has 0 atom stereocenters. The van der Waals surface area contributed by atoms with E-state index in [-0.39, 0.29) is 0 Å². The lowest BCUT2D eigenvalue weighted by molar-refractivity contribution is 0.112. The molecule has 1 aromatic carbocycles. The third-order valence-electron chi connectivity index (χ3n) is 1.25. The number of benzene rings is 1. The quantitative estimate of drug-likeness (QED) is 0.489. The van der Waals surface area contributed by atoms with Gasteiger partial charge in [-0.05, 0) is 50.7 Å². The molecule has 0 amide bonds. The molecule has 0 bridgehead atoms. The topological polar surface area (TPSA) is 43.1 Å². The molecule has 0 fully saturated rings. The molecule has 11 heavy (non-hydrogen) atoms. The zero-order valence-electron chi connectivity index (χ0n) is 5.47. The van der Waals surface area contributed by atoms with Crippen molar-refractivity contribution < 1.29 is 4.79 Å². The second kappa shape index (κ2) is 3.53. The number of nitrogens with two attached hydrogens (primary N) is 1. The highest BCUT2D eigenvalue weighted by Gasteiger charge is 2.02.